The molecule has 0 bridgehead atoms. The van der Waals surface area contributed by atoms with Gasteiger partial charge >= 0.3 is 5.69 Å². The van der Waals surface area contributed by atoms with E-state index in [-0.39, 0.29) is 11.7 Å². The Bertz CT molecular complexity index is 1300. The highest BCUT2D eigenvalue weighted by atomic mass is 32.2. The summed E-state index contributed by atoms with van der Waals surface area (Å²) in [7, 11) is 3.01. The Morgan fingerprint density at radius 3 is 2.65 bits per heavy atom. The molecule has 0 saturated heterocycles. The van der Waals surface area contributed by atoms with Gasteiger partial charge in [-0.1, -0.05) is 6.92 Å². The molecule has 10 heteroatoms. The normalized spacial score (nSPS) is 12.7. The van der Waals surface area contributed by atoms with Crippen LogP contribution in [0.15, 0.2) is 38.9 Å². The number of fused-ring (bicyclic) bond motifs is 2. The first-order chi connectivity index (χ1) is 14.9. The summed E-state index contributed by atoms with van der Waals surface area (Å²) >= 11 is 1.26. The van der Waals surface area contributed by atoms with Gasteiger partial charge in [0.1, 0.15) is 18.9 Å². The number of nitrogens with zero attached hydrogens (tertiary/aromatic N) is 3. The number of carbonyl (C=O) groups is 1. The van der Waals surface area contributed by atoms with E-state index in [0.717, 1.165) is 10.1 Å². The van der Waals surface area contributed by atoms with Gasteiger partial charge in [0.25, 0.3) is 5.56 Å². The molecule has 3 aromatic rings. The van der Waals surface area contributed by atoms with Gasteiger partial charge in [-0.15, -0.1) is 11.8 Å². The van der Waals surface area contributed by atoms with Gasteiger partial charge in [-0.05, 0) is 24.1 Å². The fourth-order valence-corrected chi connectivity index (χ4v) is 4.47. The molecule has 0 aliphatic carbocycles. The molecule has 0 fully saturated rings. The average molecular weight is 442 g/mol. The second kappa shape index (κ2) is 8.46. The number of pyridine rings is 1. The van der Waals surface area contributed by atoms with Gasteiger partial charge < -0.3 is 14.8 Å². The molecule has 1 aromatic carbocycles. The van der Waals surface area contributed by atoms with E-state index >= 15 is 0 Å². The fourth-order valence-electron chi connectivity index (χ4n) is 3.41. The van der Waals surface area contributed by atoms with Crippen molar-refractivity contribution in [3.63, 3.8) is 0 Å². The number of ether oxygens (including phenoxy) is 2. The molecule has 9 nitrogen and oxygen atoms in total. The van der Waals surface area contributed by atoms with Crippen molar-refractivity contribution in [2.75, 3.05) is 24.3 Å². The number of hydrogen-bond donors (Lipinski definition) is 1. The second-order valence-electron chi connectivity index (χ2n) is 7.07. The number of aryl methyl sites for hydroxylation is 2. The van der Waals surface area contributed by atoms with Crippen molar-refractivity contribution >= 4 is 34.4 Å². The van der Waals surface area contributed by atoms with Gasteiger partial charge in [0.05, 0.1) is 11.1 Å². The van der Waals surface area contributed by atoms with E-state index in [1.165, 1.54) is 23.4 Å². The zero-order valence-corrected chi connectivity index (χ0v) is 18.2. The van der Waals surface area contributed by atoms with Gasteiger partial charge in [0, 0.05) is 36.9 Å². The number of aromatic nitrogens is 3. The molecule has 31 heavy (non-hydrogen) atoms. The Morgan fingerprint density at radius 1 is 1.16 bits per heavy atom. The van der Waals surface area contributed by atoms with Crippen molar-refractivity contribution in [2.45, 2.75) is 18.2 Å². The average Bonchev–Trinajstić information content (AvgIpc) is 2.79. The van der Waals surface area contributed by atoms with Crippen molar-refractivity contribution in [3.8, 4) is 11.5 Å². The van der Waals surface area contributed by atoms with Crippen LogP contribution in [0.5, 0.6) is 11.5 Å². The number of hydrogen-bond acceptors (Lipinski definition) is 7. The Hall–Kier alpha value is -3.27. The molecule has 1 aliphatic heterocycles. The van der Waals surface area contributed by atoms with Gasteiger partial charge in [-0.3, -0.25) is 18.7 Å². The lowest BCUT2D eigenvalue weighted by Gasteiger charge is -2.19. The van der Waals surface area contributed by atoms with E-state index in [4.69, 9.17) is 9.47 Å². The van der Waals surface area contributed by atoms with E-state index in [1.54, 1.807) is 31.4 Å². The smallest absolute Gasteiger partial charge is 0.332 e. The highest BCUT2D eigenvalue weighted by Crippen LogP contribution is 2.33. The molecule has 1 amide bonds. The monoisotopic (exact) mass is 442 g/mol. The minimum absolute atomic E-state index is 0.0898. The predicted octanol–water partition coefficient (Wildman–Crippen LogP) is 1.70. The van der Waals surface area contributed by atoms with E-state index in [9.17, 15) is 14.4 Å². The van der Waals surface area contributed by atoms with Crippen LogP contribution in [0.25, 0.3) is 11.0 Å². The van der Waals surface area contributed by atoms with Crippen LogP contribution in [0.4, 0.5) is 5.69 Å². The summed E-state index contributed by atoms with van der Waals surface area (Å²) in [6.07, 6.45) is 2.29. The summed E-state index contributed by atoms with van der Waals surface area (Å²) in [5, 5.41) is 3.19. The number of nitrogens with one attached hydrogen (secondary N) is 1. The largest absolute Gasteiger partial charge is 0.486 e. The Balaban J connectivity index is 1.60. The standard InChI is InChI=1S/C21H22N4O5S/c1-4-12-10-22-19-17(20(27)25(3)21(28)24(19)2)18(12)31-11-16(26)23-13-5-6-14-15(9-13)30-8-7-29-14/h5-6,9-10H,4,7-8,11H2,1-3H3,(H,23,26). The maximum Gasteiger partial charge on any atom is 0.332 e. The Morgan fingerprint density at radius 2 is 1.90 bits per heavy atom. The molecule has 1 aliphatic rings. The summed E-state index contributed by atoms with van der Waals surface area (Å²) in [5.41, 5.74) is 0.890. The van der Waals surface area contributed by atoms with Crippen molar-refractivity contribution < 1.29 is 14.3 Å². The zero-order chi connectivity index (χ0) is 22.1. The summed E-state index contributed by atoms with van der Waals surface area (Å²) in [6.45, 7) is 2.92. The number of amides is 1. The maximum absolute atomic E-state index is 12.8. The highest BCUT2D eigenvalue weighted by molar-refractivity contribution is 8.00. The molecular formula is C21H22N4O5S. The van der Waals surface area contributed by atoms with Crippen LogP contribution in [-0.4, -0.2) is 39.0 Å². The Labute approximate surface area is 182 Å². The second-order valence-corrected chi connectivity index (χ2v) is 8.05. The van der Waals surface area contributed by atoms with E-state index in [1.807, 2.05) is 6.92 Å². The molecule has 0 atom stereocenters. The van der Waals surface area contributed by atoms with E-state index in [0.29, 0.717) is 52.7 Å². The summed E-state index contributed by atoms with van der Waals surface area (Å²) in [5.74, 6) is 1.10. The van der Waals surface area contributed by atoms with Gasteiger partial charge in [0.15, 0.2) is 11.5 Å². The first-order valence-electron chi connectivity index (χ1n) is 9.80. The quantitative estimate of drug-likeness (QED) is 0.600. The lowest BCUT2D eigenvalue weighted by atomic mass is 10.2. The van der Waals surface area contributed by atoms with Gasteiger partial charge in [0.2, 0.25) is 5.91 Å². The van der Waals surface area contributed by atoms with Crippen LogP contribution in [0.1, 0.15) is 12.5 Å². The summed E-state index contributed by atoms with van der Waals surface area (Å²) in [6, 6.07) is 5.23. The van der Waals surface area contributed by atoms with E-state index in [2.05, 4.69) is 10.3 Å². The third-order valence-electron chi connectivity index (χ3n) is 5.05. The van der Waals surface area contributed by atoms with Crippen LogP contribution in [0.2, 0.25) is 0 Å². The van der Waals surface area contributed by atoms with Crippen LogP contribution in [-0.2, 0) is 25.3 Å². The topological polar surface area (TPSA) is 104 Å². The van der Waals surface area contributed by atoms with Crippen molar-refractivity contribution in [1.29, 1.82) is 0 Å². The van der Waals surface area contributed by atoms with Crippen molar-refractivity contribution in [3.05, 3.63) is 50.8 Å². The van der Waals surface area contributed by atoms with Crippen LogP contribution in [0.3, 0.4) is 0 Å². The fraction of sp³-hybridized carbons (Fsp3) is 0.333. The third kappa shape index (κ3) is 3.90. The zero-order valence-electron chi connectivity index (χ0n) is 17.4. The number of anilines is 1. The van der Waals surface area contributed by atoms with Crippen LogP contribution < -0.4 is 26.0 Å². The molecule has 1 N–H and O–H groups in total. The number of benzene rings is 1. The molecule has 4 rings (SSSR count). The summed E-state index contributed by atoms with van der Waals surface area (Å²) in [4.78, 5) is 42.7. The molecule has 0 unspecified atom stereocenters. The minimum atomic E-state index is -0.443. The first kappa shape index (κ1) is 21.0. The molecule has 0 radical (unpaired) electrons. The maximum atomic E-state index is 12.8. The number of thioether (sulfide) groups is 1. The summed E-state index contributed by atoms with van der Waals surface area (Å²) < 4.78 is 13.4. The Kier molecular flexibility index (Phi) is 5.73. The first-order valence-corrected chi connectivity index (χ1v) is 10.8. The van der Waals surface area contributed by atoms with Crippen LogP contribution >= 0.6 is 11.8 Å². The lowest BCUT2D eigenvalue weighted by molar-refractivity contribution is -0.113. The molecular weight excluding hydrogens is 420 g/mol. The SMILES string of the molecule is CCc1cnc2c(c1SCC(=O)Nc1ccc3c(c1)OCCO3)c(=O)n(C)c(=O)n2C. The number of rotatable bonds is 5. The predicted molar refractivity (Wildman–Crippen MR) is 118 cm³/mol. The third-order valence-corrected chi connectivity index (χ3v) is 6.21. The van der Waals surface area contributed by atoms with E-state index < -0.39 is 11.2 Å². The molecule has 162 valence electrons. The van der Waals surface area contributed by atoms with Crippen molar-refractivity contribution in [1.82, 2.24) is 14.1 Å². The lowest BCUT2D eigenvalue weighted by Crippen LogP contribution is -2.37. The van der Waals surface area contributed by atoms with Gasteiger partial charge in [-0.25, -0.2) is 9.78 Å². The van der Waals surface area contributed by atoms with Crippen LogP contribution in [0, 0.1) is 0 Å². The minimum Gasteiger partial charge on any atom is -0.486 e. The molecule has 2 aromatic heterocycles. The number of carbonyl (C=O) groups excluding carboxylic acids is 1. The highest BCUT2D eigenvalue weighted by Gasteiger charge is 2.18. The van der Waals surface area contributed by atoms with Crippen molar-refractivity contribution in [2.24, 2.45) is 14.1 Å². The molecule has 3 heterocycles. The van der Waals surface area contributed by atoms with Gasteiger partial charge in [-0.2, -0.15) is 0 Å². The molecule has 0 saturated carbocycles. The molecule has 0 spiro atoms.